The molecule has 0 aromatic carbocycles. The molecule has 1 unspecified atom stereocenters. The molecular formula is C9H19NO3S2. The molecule has 0 aliphatic carbocycles. The van der Waals surface area contributed by atoms with E-state index in [4.69, 9.17) is 0 Å². The molecule has 1 rings (SSSR count). The summed E-state index contributed by atoms with van der Waals surface area (Å²) in [5.41, 5.74) is 0. The Morgan fingerprint density at radius 2 is 1.93 bits per heavy atom. The highest BCUT2D eigenvalue weighted by Gasteiger charge is 2.20. The van der Waals surface area contributed by atoms with Gasteiger partial charge in [-0.25, -0.2) is 8.42 Å². The molecule has 1 atom stereocenters. The van der Waals surface area contributed by atoms with Crippen molar-refractivity contribution in [2.24, 2.45) is 0 Å². The van der Waals surface area contributed by atoms with Crippen LogP contribution in [0.4, 0.5) is 0 Å². The highest BCUT2D eigenvalue weighted by atomic mass is 32.2. The van der Waals surface area contributed by atoms with Crippen LogP contribution in [0, 0.1) is 0 Å². The molecule has 1 saturated heterocycles. The zero-order chi connectivity index (χ0) is 11.5. The standard InChI is InChI=1S/C9H19NO3S2/c1-8(7-15(2,12)13)10-9-3-5-14(11)6-4-9/h8-10H,3-7H2,1-2H3. The van der Waals surface area contributed by atoms with E-state index < -0.39 is 20.6 Å². The molecule has 1 heterocycles. The summed E-state index contributed by atoms with van der Waals surface area (Å²) in [6.07, 6.45) is 3.03. The second kappa shape index (κ2) is 5.41. The van der Waals surface area contributed by atoms with Gasteiger partial charge in [-0.2, -0.15) is 0 Å². The number of rotatable bonds is 4. The third kappa shape index (κ3) is 5.63. The summed E-state index contributed by atoms with van der Waals surface area (Å²) in [7, 11) is -3.56. The lowest BCUT2D eigenvalue weighted by molar-refractivity contribution is 0.434. The third-order valence-corrected chi connectivity index (χ3v) is 4.95. The SMILES string of the molecule is CC(CS(C)(=O)=O)NC1CCS(=O)CC1. The van der Waals surface area contributed by atoms with Crippen molar-refractivity contribution in [2.45, 2.75) is 31.8 Å². The molecule has 0 amide bonds. The Labute approximate surface area is 94.2 Å². The Bertz CT molecular complexity index is 316. The van der Waals surface area contributed by atoms with Crippen molar-refractivity contribution in [2.75, 3.05) is 23.5 Å². The lowest BCUT2D eigenvalue weighted by Gasteiger charge is -2.25. The van der Waals surface area contributed by atoms with Crippen LogP contribution in [0.2, 0.25) is 0 Å². The van der Waals surface area contributed by atoms with Crippen LogP contribution in [0.5, 0.6) is 0 Å². The minimum absolute atomic E-state index is 0.0171. The Balaban J connectivity index is 2.32. The molecule has 1 aliphatic rings. The van der Waals surface area contributed by atoms with Crippen molar-refractivity contribution in [1.29, 1.82) is 0 Å². The molecular weight excluding hydrogens is 234 g/mol. The molecule has 0 aromatic heterocycles. The van der Waals surface area contributed by atoms with E-state index in [2.05, 4.69) is 5.32 Å². The lowest BCUT2D eigenvalue weighted by Crippen LogP contribution is -2.43. The van der Waals surface area contributed by atoms with E-state index in [0.717, 1.165) is 24.3 Å². The maximum atomic E-state index is 11.1. The van der Waals surface area contributed by atoms with Crippen molar-refractivity contribution >= 4 is 20.6 Å². The molecule has 15 heavy (non-hydrogen) atoms. The van der Waals surface area contributed by atoms with E-state index in [1.54, 1.807) is 0 Å². The van der Waals surface area contributed by atoms with Gasteiger partial charge in [0.2, 0.25) is 0 Å². The molecule has 0 radical (unpaired) electrons. The molecule has 1 fully saturated rings. The lowest BCUT2D eigenvalue weighted by atomic mass is 10.1. The summed E-state index contributed by atoms with van der Waals surface area (Å²) < 4.78 is 33.2. The van der Waals surface area contributed by atoms with Gasteiger partial charge in [0.25, 0.3) is 0 Å². The average Bonchev–Trinajstić information content (AvgIpc) is 2.05. The number of nitrogens with one attached hydrogen (secondary N) is 1. The van der Waals surface area contributed by atoms with E-state index >= 15 is 0 Å². The predicted octanol–water partition coefficient (Wildman–Crippen LogP) is -0.0798. The summed E-state index contributed by atoms with van der Waals surface area (Å²) in [6.45, 7) is 1.88. The molecule has 1 N–H and O–H groups in total. The summed E-state index contributed by atoms with van der Waals surface area (Å²) >= 11 is 0. The molecule has 0 bridgehead atoms. The summed E-state index contributed by atoms with van der Waals surface area (Å²) in [5, 5.41) is 3.28. The van der Waals surface area contributed by atoms with Crippen LogP contribution in [-0.2, 0) is 20.6 Å². The summed E-state index contributed by atoms with van der Waals surface area (Å²) in [5.74, 6) is 1.65. The Hall–Kier alpha value is 0.0600. The average molecular weight is 253 g/mol. The van der Waals surface area contributed by atoms with Crippen LogP contribution < -0.4 is 5.32 Å². The van der Waals surface area contributed by atoms with Crippen LogP contribution in [0.3, 0.4) is 0 Å². The van der Waals surface area contributed by atoms with Gasteiger partial charge in [0.15, 0.2) is 0 Å². The zero-order valence-electron chi connectivity index (χ0n) is 9.23. The van der Waals surface area contributed by atoms with Gasteiger partial charge in [0.1, 0.15) is 9.84 Å². The summed E-state index contributed by atoms with van der Waals surface area (Å²) in [4.78, 5) is 0. The van der Waals surface area contributed by atoms with E-state index in [9.17, 15) is 12.6 Å². The Morgan fingerprint density at radius 1 is 1.40 bits per heavy atom. The first-order chi connectivity index (χ1) is 6.87. The zero-order valence-corrected chi connectivity index (χ0v) is 10.9. The maximum Gasteiger partial charge on any atom is 0.148 e. The van der Waals surface area contributed by atoms with Crippen LogP contribution in [0.1, 0.15) is 19.8 Å². The van der Waals surface area contributed by atoms with Crippen molar-refractivity contribution < 1.29 is 12.6 Å². The fourth-order valence-electron chi connectivity index (χ4n) is 1.87. The first-order valence-corrected chi connectivity index (χ1v) is 8.70. The second-order valence-electron chi connectivity index (χ2n) is 4.28. The van der Waals surface area contributed by atoms with Crippen molar-refractivity contribution in [3.8, 4) is 0 Å². The minimum atomic E-state index is -2.91. The third-order valence-electron chi connectivity index (χ3n) is 2.46. The fraction of sp³-hybridized carbons (Fsp3) is 1.00. The minimum Gasteiger partial charge on any atom is -0.310 e. The van der Waals surface area contributed by atoms with Crippen LogP contribution in [-0.4, -0.2) is 48.2 Å². The molecule has 90 valence electrons. The van der Waals surface area contributed by atoms with Gasteiger partial charge in [0.05, 0.1) is 5.75 Å². The maximum absolute atomic E-state index is 11.1. The van der Waals surface area contributed by atoms with E-state index in [1.807, 2.05) is 6.92 Å². The largest absolute Gasteiger partial charge is 0.310 e. The molecule has 0 aromatic rings. The second-order valence-corrected chi connectivity index (χ2v) is 8.16. The highest BCUT2D eigenvalue weighted by Crippen LogP contribution is 2.10. The van der Waals surface area contributed by atoms with Gasteiger partial charge in [-0.05, 0) is 19.8 Å². The molecule has 0 saturated carbocycles. The van der Waals surface area contributed by atoms with Gasteiger partial charge >= 0.3 is 0 Å². The first kappa shape index (κ1) is 13.1. The quantitative estimate of drug-likeness (QED) is 0.761. The predicted molar refractivity (Wildman–Crippen MR) is 63.2 cm³/mol. The highest BCUT2D eigenvalue weighted by molar-refractivity contribution is 7.90. The van der Waals surface area contributed by atoms with Crippen LogP contribution in [0.25, 0.3) is 0 Å². The van der Waals surface area contributed by atoms with Crippen molar-refractivity contribution in [3.05, 3.63) is 0 Å². The van der Waals surface area contributed by atoms with Crippen LogP contribution in [0.15, 0.2) is 0 Å². The van der Waals surface area contributed by atoms with Gasteiger partial charge in [-0.15, -0.1) is 0 Å². The first-order valence-electron chi connectivity index (χ1n) is 5.15. The number of hydrogen-bond acceptors (Lipinski definition) is 4. The molecule has 1 aliphatic heterocycles. The van der Waals surface area contributed by atoms with E-state index in [0.29, 0.717) is 6.04 Å². The normalized spacial score (nSPS) is 30.0. The fourth-order valence-corrected chi connectivity index (χ4v) is 4.17. The van der Waals surface area contributed by atoms with Gasteiger partial charge < -0.3 is 5.32 Å². The summed E-state index contributed by atoms with van der Waals surface area (Å²) in [6, 6.07) is 0.316. The van der Waals surface area contributed by atoms with E-state index in [-0.39, 0.29) is 11.8 Å². The number of hydrogen-bond donors (Lipinski definition) is 1. The van der Waals surface area contributed by atoms with Gasteiger partial charge in [-0.3, -0.25) is 4.21 Å². The van der Waals surface area contributed by atoms with Gasteiger partial charge in [-0.1, -0.05) is 0 Å². The topological polar surface area (TPSA) is 63.2 Å². The smallest absolute Gasteiger partial charge is 0.148 e. The monoisotopic (exact) mass is 253 g/mol. The molecule has 6 heteroatoms. The van der Waals surface area contributed by atoms with Crippen molar-refractivity contribution in [1.82, 2.24) is 5.32 Å². The molecule has 4 nitrogen and oxygen atoms in total. The van der Waals surface area contributed by atoms with E-state index in [1.165, 1.54) is 6.26 Å². The Kier molecular flexibility index (Phi) is 4.73. The van der Waals surface area contributed by atoms with Crippen molar-refractivity contribution in [3.63, 3.8) is 0 Å². The Morgan fingerprint density at radius 3 is 2.40 bits per heavy atom. The molecule has 0 spiro atoms. The van der Waals surface area contributed by atoms with Crippen LogP contribution >= 0.6 is 0 Å². The van der Waals surface area contributed by atoms with Gasteiger partial charge in [0, 0.05) is 40.6 Å². The number of sulfone groups is 1.